The summed E-state index contributed by atoms with van der Waals surface area (Å²) >= 11 is 3.46. The molecule has 1 aliphatic rings. The molecule has 0 spiro atoms. The molecule has 9 heteroatoms. The first-order chi connectivity index (χ1) is 19.6. The number of hydrogen-bond acceptors (Lipinski definition) is 4. The number of carbonyl (C=O) groups excluding carboxylic acids is 2. The molecule has 0 heterocycles. The molecule has 41 heavy (non-hydrogen) atoms. The van der Waals surface area contributed by atoms with Crippen molar-refractivity contribution in [1.82, 2.24) is 10.2 Å². The number of nitrogens with one attached hydrogen (secondary N) is 1. The molecule has 0 bridgehead atoms. The first kappa shape index (κ1) is 30.8. The number of amides is 2. The van der Waals surface area contributed by atoms with Gasteiger partial charge >= 0.3 is 0 Å². The van der Waals surface area contributed by atoms with Crippen LogP contribution in [0.3, 0.4) is 0 Å². The Bertz CT molecular complexity index is 1420. The minimum Gasteiger partial charge on any atom is -0.352 e. The van der Waals surface area contributed by atoms with E-state index in [1.54, 1.807) is 23.1 Å². The molecule has 0 radical (unpaired) electrons. The molecule has 218 valence electrons. The minimum atomic E-state index is -3.79. The van der Waals surface area contributed by atoms with Gasteiger partial charge in [0.05, 0.1) is 11.9 Å². The molecule has 0 saturated heterocycles. The number of aryl methyl sites for hydroxylation is 1. The summed E-state index contributed by atoms with van der Waals surface area (Å²) in [6.45, 7) is 1.62. The molecule has 4 rings (SSSR count). The molecular formula is C32H38BrN3O4S. The van der Waals surface area contributed by atoms with Crippen molar-refractivity contribution in [1.29, 1.82) is 0 Å². The summed E-state index contributed by atoms with van der Waals surface area (Å²) in [4.78, 5) is 29.7. The van der Waals surface area contributed by atoms with Gasteiger partial charge in [-0.2, -0.15) is 0 Å². The number of carbonyl (C=O) groups is 2. The second kappa shape index (κ2) is 14.1. The predicted octanol–water partition coefficient (Wildman–Crippen LogP) is 5.61. The Hall–Kier alpha value is -3.17. The topological polar surface area (TPSA) is 86.8 Å². The Morgan fingerprint density at radius 3 is 2.24 bits per heavy atom. The van der Waals surface area contributed by atoms with Gasteiger partial charge < -0.3 is 10.2 Å². The van der Waals surface area contributed by atoms with E-state index >= 15 is 0 Å². The Kier molecular flexibility index (Phi) is 10.6. The number of halogens is 1. The van der Waals surface area contributed by atoms with Crippen LogP contribution >= 0.6 is 15.9 Å². The van der Waals surface area contributed by atoms with Crippen LogP contribution in [0.1, 0.15) is 48.8 Å². The van der Waals surface area contributed by atoms with Crippen LogP contribution < -0.4 is 9.62 Å². The molecule has 3 aromatic carbocycles. The van der Waals surface area contributed by atoms with Crippen molar-refractivity contribution in [2.75, 3.05) is 17.1 Å². The zero-order chi connectivity index (χ0) is 29.4. The highest BCUT2D eigenvalue weighted by Gasteiger charge is 2.34. The average molecular weight is 641 g/mol. The molecule has 1 atom stereocenters. The number of rotatable bonds is 11. The smallest absolute Gasteiger partial charge is 0.244 e. The molecule has 0 unspecified atom stereocenters. The van der Waals surface area contributed by atoms with Gasteiger partial charge in [-0.25, -0.2) is 8.42 Å². The quantitative estimate of drug-likeness (QED) is 0.295. The van der Waals surface area contributed by atoms with Gasteiger partial charge in [-0.15, -0.1) is 0 Å². The predicted molar refractivity (Wildman–Crippen MR) is 167 cm³/mol. The first-order valence-electron chi connectivity index (χ1n) is 14.0. The molecule has 2 amide bonds. The summed E-state index contributed by atoms with van der Waals surface area (Å²) in [7, 11) is -3.79. The maximum atomic E-state index is 14.2. The van der Waals surface area contributed by atoms with E-state index in [-0.39, 0.29) is 18.5 Å². The summed E-state index contributed by atoms with van der Waals surface area (Å²) in [5.74, 6) is -0.660. The van der Waals surface area contributed by atoms with Crippen molar-refractivity contribution in [3.63, 3.8) is 0 Å². The van der Waals surface area contributed by atoms with Crippen molar-refractivity contribution in [2.45, 2.75) is 64.1 Å². The van der Waals surface area contributed by atoms with Gasteiger partial charge in [0.2, 0.25) is 21.8 Å². The van der Waals surface area contributed by atoms with Crippen LogP contribution in [0, 0.1) is 6.92 Å². The van der Waals surface area contributed by atoms with Gasteiger partial charge in [0.1, 0.15) is 12.6 Å². The fourth-order valence-electron chi connectivity index (χ4n) is 5.28. The van der Waals surface area contributed by atoms with Crippen LogP contribution in [0.4, 0.5) is 5.69 Å². The Morgan fingerprint density at radius 2 is 1.61 bits per heavy atom. The van der Waals surface area contributed by atoms with E-state index in [1.807, 2.05) is 67.6 Å². The maximum Gasteiger partial charge on any atom is 0.244 e. The van der Waals surface area contributed by atoms with Gasteiger partial charge in [0.15, 0.2) is 0 Å². The number of hydrogen-bond donors (Lipinski definition) is 1. The lowest BCUT2D eigenvalue weighted by molar-refractivity contribution is -0.140. The van der Waals surface area contributed by atoms with Gasteiger partial charge in [0.25, 0.3) is 0 Å². The Labute approximate surface area is 252 Å². The van der Waals surface area contributed by atoms with Gasteiger partial charge in [-0.3, -0.25) is 13.9 Å². The highest BCUT2D eigenvalue weighted by Crippen LogP contribution is 2.23. The van der Waals surface area contributed by atoms with E-state index in [9.17, 15) is 18.0 Å². The third-order valence-corrected chi connectivity index (χ3v) is 9.13. The lowest BCUT2D eigenvalue weighted by atomic mass is 9.94. The largest absolute Gasteiger partial charge is 0.352 e. The summed E-state index contributed by atoms with van der Waals surface area (Å²) in [6, 6.07) is 23.5. The van der Waals surface area contributed by atoms with E-state index < -0.39 is 28.5 Å². The van der Waals surface area contributed by atoms with Crippen LogP contribution in [0.5, 0.6) is 0 Å². The van der Waals surface area contributed by atoms with E-state index in [1.165, 1.54) is 0 Å². The summed E-state index contributed by atoms with van der Waals surface area (Å²) in [6.07, 6.45) is 6.53. The van der Waals surface area contributed by atoms with E-state index in [0.29, 0.717) is 12.1 Å². The summed E-state index contributed by atoms with van der Waals surface area (Å²) in [5, 5.41) is 3.22. The zero-order valence-corrected chi connectivity index (χ0v) is 26.0. The van der Waals surface area contributed by atoms with Gasteiger partial charge in [-0.1, -0.05) is 89.8 Å². The average Bonchev–Trinajstić information content (AvgIpc) is 2.95. The number of sulfonamides is 1. The van der Waals surface area contributed by atoms with Crippen molar-refractivity contribution < 1.29 is 18.0 Å². The summed E-state index contributed by atoms with van der Waals surface area (Å²) < 4.78 is 27.9. The van der Waals surface area contributed by atoms with Crippen LogP contribution in [0.2, 0.25) is 0 Å². The molecule has 0 aromatic heterocycles. The van der Waals surface area contributed by atoms with Crippen molar-refractivity contribution in [3.05, 3.63) is 100 Å². The zero-order valence-electron chi connectivity index (χ0n) is 23.6. The van der Waals surface area contributed by atoms with Crippen molar-refractivity contribution in [2.24, 2.45) is 0 Å². The molecule has 1 aliphatic carbocycles. The normalized spacial score (nSPS) is 14.7. The third kappa shape index (κ3) is 8.91. The molecule has 1 N–H and O–H groups in total. The lowest BCUT2D eigenvalue weighted by Gasteiger charge is -2.35. The van der Waals surface area contributed by atoms with E-state index in [0.717, 1.165) is 63.8 Å². The third-order valence-electron chi connectivity index (χ3n) is 7.46. The number of anilines is 1. The van der Waals surface area contributed by atoms with Gasteiger partial charge in [0, 0.05) is 23.5 Å². The van der Waals surface area contributed by atoms with Crippen LogP contribution in [-0.4, -0.2) is 50.0 Å². The molecule has 0 aliphatic heterocycles. The highest BCUT2D eigenvalue weighted by molar-refractivity contribution is 9.10. The molecule has 1 fully saturated rings. The van der Waals surface area contributed by atoms with Crippen molar-refractivity contribution in [3.8, 4) is 0 Å². The molecule has 1 saturated carbocycles. The fraction of sp³-hybridized carbons (Fsp3) is 0.375. The summed E-state index contributed by atoms with van der Waals surface area (Å²) in [5.41, 5.74) is 3.05. The molecular weight excluding hydrogens is 602 g/mol. The van der Waals surface area contributed by atoms with Gasteiger partial charge in [-0.05, 0) is 60.7 Å². The highest BCUT2D eigenvalue weighted by atomic mass is 79.9. The number of nitrogens with zero attached hydrogens (tertiary/aromatic N) is 2. The Balaban J connectivity index is 1.71. The van der Waals surface area contributed by atoms with Crippen LogP contribution in [-0.2, 0) is 32.6 Å². The monoisotopic (exact) mass is 639 g/mol. The first-order valence-corrected chi connectivity index (χ1v) is 16.7. The standard InChI is InChI=1S/C32H38BrN3O4S/c1-24-10-9-15-29(20-24)36(41(2,39)40)23-31(37)35(22-26-16-18-27(33)19-17-26)30(21-25-11-5-3-6-12-25)32(38)34-28-13-7-4-8-14-28/h3,5-6,9-12,15-20,28,30H,4,7-8,13-14,21-23H2,1-2H3,(H,34,38)/t30-/m0/s1. The fourth-order valence-corrected chi connectivity index (χ4v) is 6.39. The minimum absolute atomic E-state index is 0.0685. The SMILES string of the molecule is Cc1cccc(N(CC(=O)N(Cc2ccc(Br)cc2)[C@@H](Cc2ccccc2)C(=O)NC2CCCCC2)S(C)(=O)=O)c1. The van der Waals surface area contributed by atoms with Crippen LogP contribution in [0.25, 0.3) is 0 Å². The maximum absolute atomic E-state index is 14.2. The van der Waals surface area contributed by atoms with E-state index in [4.69, 9.17) is 0 Å². The molecule has 3 aromatic rings. The van der Waals surface area contributed by atoms with Crippen LogP contribution in [0.15, 0.2) is 83.3 Å². The van der Waals surface area contributed by atoms with Crippen molar-refractivity contribution >= 4 is 43.5 Å². The van der Waals surface area contributed by atoms with E-state index in [2.05, 4.69) is 21.2 Å². The lowest BCUT2D eigenvalue weighted by Crippen LogP contribution is -2.55. The Morgan fingerprint density at radius 1 is 0.927 bits per heavy atom. The molecule has 7 nitrogen and oxygen atoms in total. The number of benzene rings is 3. The second-order valence-electron chi connectivity index (χ2n) is 10.8. The second-order valence-corrected chi connectivity index (χ2v) is 13.6.